The Bertz CT molecular complexity index is 354. The van der Waals surface area contributed by atoms with Gasteiger partial charge in [0, 0.05) is 13.2 Å². The summed E-state index contributed by atoms with van der Waals surface area (Å²) in [4.78, 5) is 0. The van der Waals surface area contributed by atoms with Crippen molar-refractivity contribution in [2.24, 2.45) is 0 Å². The SMILES string of the molecule is CCCCOCC(O)COc1ccc(CNCCC)cc1. The minimum absolute atomic E-state index is 0.263. The number of aliphatic hydroxyl groups is 1. The number of ether oxygens (including phenoxy) is 2. The summed E-state index contributed by atoms with van der Waals surface area (Å²) in [5, 5.41) is 13.1. The second kappa shape index (κ2) is 11.5. The maximum atomic E-state index is 9.75. The lowest BCUT2D eigenvalue weighted by Crippen LogP contribution is -2.23. The number of hydrogen-bond donors (Lipinski definition) is 2. The first-order valence-corrected chi connectivity index (χ1v) is 7.94. The third kappa shape index (κ3) is 8.71. The lowest BCUT2D eigenvalue weighted by molar-refractivity contribution is 0.0113. The summed E-state index contributed by atoms with van der Waals surface area (Å²) in [6.45, 7) is 7.47. The van der Waals surface area contributed by atoms with E-state index in [2.05, 4.69) is 19.2 Å². The second-order valence-electron chi connectivity index (χ2n) is 5.21. The quantitative estimate of drug-likeness (QED) is 0.582. The molecule has 0 aliphatic rings. The van der Waals surface area contributed by atoms with Crippen molar-refractivity contribution >= 4 is 0 Å². The molecule has 1 aromatic carbocycles. The van der Waals surface area contributed by atoms with Crippen LogP contribution in [0.5, 0.6) is 5.75 Å². The fourth-order valence-electron chi connectivity index (χ4n) is 1.82. The van der Waals surface area contributed by atoms with E-state index >= 15 is 0 Å². The predicted molar refractivity (Wildman–Crippen MR) is 85.7 cm³/mol. The molecular formula is C17H29NO3. The Morgan fingerprint density at radius 1 is 1.10 bits per heavy atom. The maximum absolute atomic E-state index is 9.75. The molecule has 21 heavy (non-hydrogen) atoms. The standard InChI is InChI=1S/C17H29NO3/c1-3-5-11-20-13-16(19)14-21-17-8-6-15(7-9-17)12-18-10-4-2/h6-9,16,18-19H,3-5,10-14H2,1-2H3. The van der Waals surface area contributed by atoms with E-state index in [1.54, 1.807) is 0 Å². The summed E-state index contributed by atoms with van der Waals surface area (Å²) >= 11 is 0. The van der Waals surface area contributed by atoms with E-state index in [-0.39, 0.29) is 6.61 Å². The lowest BCUT2D eigenvalue weighted by atomic mass is 10.2. The van der Waals surface area contributed by atoms with Gasteiger partial charge in [-0.1, -0.05) is 32.4 Å². The molecule has 0 aliphatic carbocycles. The summed E-state index contributed by atoms with van der Waals surface area (Å²) in [6.07, 6.45) is 2.69. The van der Waals surface area contributed by atoms with Crippen molar-refractivity contribution < 1.29 is 14.6 Å². The molecule has 1 unspecified atom stereocenters. The number of rotatable bonds is 12. The second-order valence-corrected chi connectivity index (χ2v) is 5.21. The van der Waals surface area contributed by atoms with Gasteiger partial charge in [-0.2, -0.15) is 0 Å². The summed E-state index contributed by atoms with van der Waals surface area (Å²) in [5.41, 5.74) is 1.24. The van der Waals surface area contributed by atoms with E-state index in [0.717, 1.165) is 38.1 Å². The Hall–Kier alpha value is -1.10. The van der Waals surface area contributed by atoms with Gasteiger partial charge < -0.3 is 19.9 Å². The number of hydrogen-bond acceptors (Lipinski definition) is 4. The van der Waals surface area contributed by atoms with E-state index in [9.17, 15) is 5.11 Å². The van der Waals surface area contributed by atoms with Crippen molar-refractivity contribution in [2.45, 2.75) is 45.8 Å². The van der Waals surface area contributed by atoms with Crippen LogP contribution in [0.4, 0.5) is 0 Å². The van der Waals surface area contributed by atoms with Crippen LogP contribution < -0.4 is 10.1 Å². The molecule has 120 valence electrons. The van der Waals surface area contributed by atoms with E-state index in [1.807, 2.05) is 24.3 Å². The van der Waals surface area contributed by atoms with E-state index in [4.69, 9.17) is 9.47 Å². The molecule has 1 atom stereocenters. The van der Waals surface area contributed by atoms with E-state index < -0.39 is 6.10 Å². The first kappa shape index (κ1) is 18.0. The van der Waals surface area contributed by atoms with E-state index in [1.165, 1.54) is 5.56 Å². The molecular weight excluding hydrogens is 266 g/mol. The van der Waals surface area contributed by atoms with Crippen LogP contribution in [0, 0.1) is 0 Å². The Morgan fingerprint density at radius 2 is 1.86 bits per heavy atom. The molecule has 0 saturated carbocycles. The van der Waals surface area contributed by atoms with Gasteiger partial charge in [0.15, 0.2) is 0 Å². The van der Waals surface area contributed by atoms with Gasteiger partial charge in [0.25, 0.3) is 0 Å². The van der Waals surface area contributed by atoms with Crippen LogP contribution in [-0.4, -0.2) is 37.6 Å². The van der Waals surface area contributed by atoms with Crippen LogP contribution in [-0.2, 0) is 11.3 Å². The molecule has 0 saturated heterocycles. The van der Waals surface area contributed by atoms with Crippen molar-refractivity contribution in [3.63, 3.8) is 0 Å². The van der Waals surface area contributed by atoms with Gasteiger partial charge in [-0.15, -0.1) is 0 Å². The number of nitrogens with one attached hydrogen (secondary N) is 1. The summed E-state index contributed by atoms with van der Waals surface area (Å²) in [6, 6.07) is 7.96. The Labute approximate surface area is 128 Å². The molecule has 2 N–H and O–H groups in total. The first-order chi connectivity index (χ1) is 10.3. The molecule has 0 spiro atoms. The van der Waals surface area contributed by atoms with Crippen molar-refractivity contribution in [3.05, 3.63) is 29.8 Å². The highest BCUT2D eigenvalue weighted by atomic mass is 16.5. The molecule has 0 amide bonds. The van der Waals surface area contributed by atoms with Gasteiger partial charge in [0.2, 0.25) is 0 Å². The predicted octanol–water partition coefficient (Wildman–Crippen LogP) is 2.74. The first-order valence-electron chi connectivity index (χ1n) is 7.94. The zero-order valence-electron chi connectivity index (χ0n) is 13.3. The van der Waals surface area contributed by atoms with Gasteiger partial charge in [0.05, 0.1) is 6.61 Å². The van der Waals surface area contributed by atoms with Gasteiger partial charge in [-0.3, -0.25) is 0 Å². The average molecular weight is 295 g/mol. The molecule has 0 heterocycles. The van der Waals surface area contributed by atoms with Gasteiger partial charge in [-0.25, -0.2) is 0 Å². The third-order valence-corrected chi connectivity index (χ3v) is 3.07. The molecule has 0 fully saturated rings. The molecule has 0 aromatic heterocycles. The molecule has 0 bridgehead atoms. The Balaban J connectivity index is 2.19. The van der Waals surface area contributed by atoms with E-state index in [0.29, 0.717) is 13.2 Å². The fraction of sp³-hybridized carbons (Fsp3) is 0.647. The summed E-state index contributed by atoms with van der Waals surface area (Å²) in [7, 11) is 0. The van der Waals surface area contributed by atoms with Crippen molar-refractivity contribution in [1.29, 1.82) is 0 Å². The maximum Gasteiger partial charge on any atom is 0.119 e. The Morgan fingerprint density at radius 3 is 2.52 bits per heavy atom. The van der Waals surface area contributed by atoms with Crippen LogP contribution >= 0.6 is 0 Å². The number of aliphatic hydroxyl groups excluding tert-OH is 1. The van der Waals surface area contributed by atoms with Crippen LogP contribution in [0.2, 0.25) is 0 Å². The smallest absolute Gasteiger partial charge is 0.119 e. The summed E-state index contributed by atoms with van der Waals surface area (Å²) < 4.78 is 10.9. The zero-order valence-corrected chi connectivity index (χ0v) is 13.3. The summed E-state index contributed by atoms with van der Waals surface area (Å²) in [5.74, 6) is 0.779. The zero-order chi connectivity index (χ0) is 15.3. The van der Waals surface area contributed by atoms with Crippen molar-refractivity contribution in [2.75, 3.05) is 26.4 Å². The fourth-order valence-corrected chi connectivity index (χ4v) is 1.82. The monoisotopic (exact) mass is 295 g/mol. The minimum atomic E-state index is -0.576. The van der Waals surface area contributed by atoms with Crippen molar-refractivity contribution in [3.8, 4) is 5.75 Å². The highest BCUT2D eigenvalue weighted by Crippen LogP contribution is 2.12. The van der Waals surface area contributed by atoms with Crippen LogP contribution in [0.1, 0.15) is 38.7 Å². The molecule has 1 rings (SSSR count). The van der Waals surface area contributed by atoms with Crippen LogP contribution in [0.3, 0.4) is 0 Å². The third-order valence-electron chi connectivity index (χ3n) is 3.07. The van der Waals surface area contributed by atoms with Crippen LogP contribution in [0.25, 0.3) is 0 Å². The molecule has 0 radical (unpaired) electrons. The molecule has 4 nitrogen and oxygen atoms in total. The van der Waals surface area contributed by atoms with Gasteiger partial charge >= 0.3 is 0 Å². The van der Waals surface area contributed by atoms with Gasteiger partial charge in [-0.05, 0) is 37.1 Å². The largest absolute Gasteiger partial charge is 0.491 e. The lowest BCUT2D eigenvalue weighted by Gasteiger charge is -2.13. The average Bonchev–Trinajstić information content (AvgIpc) is 2.51. The topological polar surface area (TPSA) is 50.7 Å². The number of benzene rings is 1. The van der Waals surface area contributed by atoms with Gasteiger partial charge in [0.1, 0.15) is 18.5 Å². The normalized spacial score (nSPS) is 12.3. The molecule has 4 heteroatoms. The highest BCUT2D eigenvalue weighted by Gasteiger charge is 2.05. The number of unbranched alkanes of at least 4 members (excludes halogenated alkanes) is 1. The van der Waals surface area contributed by atoms with Crippen molar-refractivity contribution in [1.82, 2.24) is 5.32 Å². The molecule has 1 aromatic rings. The minimum Gasteiger partial charge on any atom is -0.491 e. The molecule has 0 aliphatic heterocycles. The van der Waals surface area contributed by atoms with Crippen LogP contribution in [0.15, 0.2) is 24.3 Å². The highest BCUT2D eigenvalue weighted by molar-refractivity contribution is 5.27. The Kier molecular flexibility index (Phi) is 9.87.